The lowest BCUT2D eigenvalue weighted by molar-refractivity contribution is 0.151. The maximum absolute atomic E-state index is 9.82. The summed E-state index contributed by atoms with van der Waals surface area (Å²) in [4.78, 5) is 0. The second-order valence-electron chi connectivity index (χ2n) is 4.60. The second-order valence-corrected chi connectivity index (χ2v) is 4.60. The van der Waals surface area contributed by atoms with Gasteiger partial charge in [0.15, 0.2) is 0 Å². The number of aryl methyl sites for hydroxylation is 1. The molecule has 0 unspecified atom stereocenters. The number of aliphatic hydroxyl groups is 1. The topological polar surface area (TPSA) is 44.0 Å². The SMILES string of the molecule is Cc1cc(CC2(O)CC2)cc(C#N)c1C. The highest BCUT2D eigenvalue weighted by Crippen LogP contribution is 2.38. The van der Waals surface area contributed by atoms with E-state index < -0.39 is 5.60 Å². The summed E-state index contributed by atoms with van der Waals surface area (Å²) in [5.74, 6) is 0. The fraction of sp³-hybridized carbons (Fsp3) is 0.462. The molecule has 1 aliphatic carbocycles. The van der Waals surface area contributed by atoms with Crippen molar-refractivity contribution < 1.29 is 5.11 Å². The van der Waals surface area contributed by atoms with Crippen molar-refractivity contribution in [1.29, 1.82) is 5.26 Å². The number of nitrogens with zero attached hydrogens (tertiary/aromatic N) is 1. The Morgan fingerprint density at radius 1 is 1.40 bits per heavy atom. The van der Waals surface area contributed by atoms with E-state index in [0.717, 1.165) is 35.1 Å². The van der Waals surface area contributed by atoms with Crippen LogP contribution in [0.4, 0.5) is 0 Å². The van der Waals surface area contributed by atoms with Gasteiger partial charge in [-0.25, -0.2) is 0 Å². The first kappa shape index (κ1) is 10.2. The zero-order valence-electron chi connectivity index (χ0n) is 9.17. The van der Waals surface area contributed by atoms with Crippen molar-refractivity contribution in [3.05, 3.63) is 34.4 Å². The van der Waals surface area contributed by atoms with Crippen LogP contribution in [0.1, 0.15) is 35.1 Å². The molecule has 1 saturated carbocycles. The van der Waals surface area contributed by atoms with Gasteiger partial charge >= 0.3 is 0 Å². The fourth-order valence-corrected chi connectivity index (χ4v) is 1.85. The Kier molecular flexibility index (Phi) is 2.28. The Bertz CT molecular complexity index is 439. The maximum atomic E-state index is 9.82. The van der Waals surface area contributed by atoms with Gasteiger partial charge in [-0.1, -0.05) is 6.07 Å². The van der Waals surface area contributed by atoms with E-state index in [0.29, 0.717) is 6.42 Å². The summed E-state index contributed by atoms with van der Waals surface area (Å²) in [6.07, 6.45) is 2.46. The number of nitriles is 1. The van der Waals surface area contributed by atoms with Crippen molar-refractivity contribution in [1.82, 2.24) is 0 Å². The predicted octanol–water partition coefficient (Wildman–Crippen LogP) is 2.24. The molecule has 0 heterocycles. The average molecular weight is 201 g/mol. The van der Waals surface area contributed by atoms with Crippen LogP contribution < -0.4 is 0 Å². The molecule has 0 atom stereocenters. The van der Waals surface area contributed by atoms with Crippen LogP contribution in [0.2, 0.25) is 0 Å². The maximum Gasteiger partial charge on any atom is 0.0994 e. The fourth-order valence-electron chi connectivity index (χ4n) is 1.85. The molecular formula is C13H15NO. The van der Waals surface area contributed by atoms with Crippen molar-refractivity contribution in [2.24, 2.45) is 0 Å². The summed E-state index contributed by atoms with van der Waals surface area (Å²) < 4.78 is 0. The van der Waals surface area contributed by atoms with Gasteiger partial charge < -0.3 is 5.11 Å². The van der Waals surface area contributed by atoms with Gasteiger partial charge in [0.25, 0.3) is 0 Å². The predicted molar refractivity (Wildman–Crippen MR) is 58.5 cm³/mol. The van der Waals surface area contributed by atoms with E-state index in [-0.39, 0.29) is 0 Å². The first-order chi connectivity index (χ1) is 7.04. The first-order valence-corrected chi connectivity index (χ1v) is 5.27. The highest BCUT2D eigenvalue weighted by atomic mass is 16.3. The second kappa shape index (κ2) is 3.36. The molecule has 0 radical (unpaired) electrons. The van der Waals surface area contributed by atoms with Gasteiger partial charge in [-0.3, -0.25) is 0 Å². The third-order valence-electron chi connectivity index (χ3n) is 3.21. The molecule has 1 N–H and O–H groups in total. The molecule has 0 spiro atoms. The molecule has 2 nitrogen and oxygen atoms in total. The lowest BCUT2D eigenvalue weighted by Crippen LogP contribution is -2.11. The molecule has 0 aromatic heterocycles. The quantitative estimate of drug-likeness (QED) is 0.797. The third-order valence-corrected chi connectivity index (χ3v) is 3.21. The molecule has 15 heavy (non-hydrogen) atoms. The summed E-state index contributed by atoms with van der Waals surface area (Å²) in [6, 6.07) is 6.18. The average Bonchev–Trinajstić information content (AvgIpc) is 2.89. The molecular weight excluding hydrogens is 186 g/mol. The highest BCUT2D eigenvalue weighted by molar-refractivity contribution is 5.45. The largest absolute Gasteiger partial charge is 0.390 e. The number of rotatable bonds is 2. The van der Waals surface area contributed by atoms with Crippen LogP contribution in [-0.2, 0) is 6.42 Å². The molecule has 2 rings (SSSR count). The molecule has 1 fully saturated rings. The molecule has 0 amide bonds. The van der Waals surface area contributed by atoms with Crippen molar-refractivity contribution in [3.8, 4) is 6.07 Å². The monoisotopic (exact) mass is 201 g/mol. The lowest BCUT2D eigenvalue weighted by atomic mass is 9.97. The van der Waals surface area contributed by atoms with Gasteiger partial charge in [0.05, 0.1) is 17.2 Å². The van der Waals surface area contributed by atoms with Crippen molar-refractivity contribution in [2.75, 3.05) is 0 Å². The number of benzene rings is 1. The minimum absolute atomic E-state index is 0.478. The van der Waals surface area contributed by atoms with Crippen LogP contribution in [-0.4, -0.2) is 10.7 Å². The van der Waals surface area contributed by atoms with Crippen LogP contribution >= 0.6 is 0 Å². The summed E-state index contributed by atoms with van der Waals surface area (Å²) in [7, 11) is 0. The molecule has 0 bridgehead atoms. The van der Waals surface area contributed by atoms with E-state index in [1.165, 1.54) is 0 Å². The molecule has 0 saturated heterocycles. The minimum Gasteiger partial charge on any atom is -0.390 e. The molecule has 1 aromatic carbocycles. The molecule has 0 aliphatic heterocycles. The molecule has 78 valence electrons. The van der Waals surface area contributed by atoms with Gasteiger partial charge in [-0.2, -0.15) is 5.26 Å². The van der Waals surface area contributed by atoms with Crippen LogP contribution in [0.15, 0.2) is 12.1 Å². The highest BCUT2D eigenvalue weighted by Gasteiger charge is 2.40. The summed E-state index contributed by atoms with van der Waals surface area (Å²) in [6.45, 7) is 3.97. The van der Waals surface area contributed by atoms with Crippen molar-refractivity contribution in [2.45, 2.75) is 38.7 Å². The van der Waals surface area contributed by atoms with Gasteiger partial charge in [0, 0.05) is 6.42 Å². The van der Waals surface area contributed by atoms with E-state index in [4.69, 9.17) is 5.26 Å². The number of hydrogen-bond donors (Lipinski definition) is 1. The van der Waals surface area contributed by atoms with E-state index in [1.54, 1.807) is 0 Å². The van der Waals surface area contributed by atoms with Gasteiger partial charge in [0.2, 0.25) is 0 Å². The van der Waals surface area contributed by atoms with E-state index in [1.807, 2.05) is 19.9 Å². The van der Waals surface area contributed by atoms with E-state index in [9.17, 15) is 5.11 Å². The zero-order valence-corrected chi connectivity index (χ0v) is 9.17. The van der Waals surface area contributed by atoms with E-state index >= 15 is 0 Å². The van der Waals surface area contributed by atoms with Crippen molar-refractivity contribution in [3.63, 3.8) is 0 Å². The van der Waals surface area contributed by atoms with Gasteiger partial charge in [-0.15, -0.1) is 0 Å². The third kappa shape index (κ3) is 2.03. The smallest absolute Gasteiger partial charge is 0.0994 e. The molecule has 1 aliphatic rings. The standard InChI is InChI=1S/C13H15NO/c1-9-5-11(7-13(15)3-4-13)6-12(8-14)10(9)2/h5-6,15H,3-4,7H2,1-2H3. The minimum atomic E-state index is -0.478. The molecule has 2 heteroatoms. The zero-order chi connectivity index (χ0) is 11.1. The Morgan fingerprint density at radius 2 is 2.07 bits per heavy atom. The normalized spacial score (nSPS) is 17.2. The Hall–Kier alpha value is -1.33. The van der Waals surface area contributed by atoms with Gasteiger partial charge in [0.1, 0.15) is 0 Å². The first-order valence-electron chi connectivity index (χ1n) is 5.27. The van der Waals surface area contributed by atoms with Crippen LogP contribution in [0, 0.1) is 25.2 Å². The Morgan fingerprint density at radius 3 is 2.60 bits per heavy atom. The summed E-state index contributed by atoms with van der Waals surface area (Å²) in [5, 5.41) is 18.8. The van der Waals surface area contributed by atoms with Crippen LogP contribution in [0.5, 0.6) is 0 Å². The molecule has 1 aromatic rings. The summed E-state index contributed by atoms with van der Waals surface area (Å²) in [5.41, 5.74) is 3.51. The van der Waals surface area contributed by atoms with E-state index in [2.05, 4.69) is 12.1 Å². The Labute approximate surface area is 90.2 Å². The number of hydrogen-bond acceptors (Lipinski definition) is 2. The lowest BCUT2D eigenvalue weighted by Gasteiger charge is -2.10. The summed E-state index contributed by atoms with van der Waals surface area (Å²) >= 11 is 0. The Balaban J connectivity index is 2.33. The van der Waals surface area contributed by atoms with Crippen molar-refractivity contribution >= 4 is 0 Å². The van der Waals surface area contributed by atoms with Crippen LogP contribution in [0.25, 0.3) is 0 Å². The van der Waals surface area contributed by atoms with Gasteiger partial charge in [-0.05, 0) is 49.4 Å². The van der Waals surface area contributed by atoms with Crippen LogP contribution in [0.3, 0.4) is 0 Å².